The largest absolute Gasteiger partial charge is 0.504 e. The number of methoxy groups -OCH3 is 1. The Labute approximate surface area is 157 Å². The molecule has 0 spiro atoms. The SMILES string of the molecule is COc1ccc(-c2c(Cl)c(C(=O)Nc3nnnn3C)nn(C)c2=O)cc1O. The van der Waals surface area contributed by atoms with Crippen LogP contribution in [0.3, 0.4) is 0 Å². The minimum atomic E-state index is -0.701. The van der Waals surface area contributed by atoms with Gasteiger partial charge < -0.3 is 9.84 Å². The van der Waals surface area contributed by atoms with Gasteiger partial charge in [-0.15, -0.1) is 0 Å². The molecule has 0 aliphatic carbocycles. The Morgan fingerprint density at radius 1 is 1.30 bits per heavy atom. The number of anilines is 1. The Morgan fingerprint density at radius 2 is 2.04 bits per heavy atom. The highest BCUT2D eigenvalue weighted by molar-refractivity contribution is 6.36. The number of ether oxygens (including phenoxy) is 1. The van der Waals surface area contributed by atoms with Crippen molar-refractivity contribution in [3.8, 4) is 22.6 Å². The summed E-state index contributed by atoms with van der Waals surface area (Å²) in [6.07, 6.45) is 0. The van der Waals surface area contributed by atoms with Crippen molar-refractivity contribution in [3.05, 3.63) is 39.3 Å². The van der Waals surface area contributed by atoms with Crippen molar-refractivity contribution in [2.75, 3.05) is 12.4 Å². The predicted octanol–water partition coefficient (Wildman–Crippen LogP) is 0.591. The Bertz CT molecular complexity index is 1090. The monoisotopic (exact) mass is 391 g/mol. The maximum Gasteiger partial charge on any atom is 0.280 e. The number of rotatable bonds is 4. The molecule has 0 unspecified atom stereocenters. The van der Waals surface area contributed by atoms with Gasteiger partial charge in [0.05, 0.1) is 17.7 Å². The third kappa shape index (κ3) is 3.31. The highest BCUT2D eigenvalue weighted by Crippen LogP contribution is 2.33. The zero-order chi connectivity index (χ0) is 19.7. The predicted molar refractivity (Wildman–Crippen MR) is 94.9 cm³/mol. The van der Waals surface area contributed by atoms with E-state index < -0.39 is 11.5 Å². The van der Waals surface area contributed by atoms with Gasteiger partial charge in [-0.25, -0.2) is 9.36 Å². The van der Waals surface area contributed by atoms with Gasteiger partial charge in [-0.3, -0.25) is 14.9 Å². The van der Waals surface area contributed by atoms with Crippen LogP contribution in [0.5, 0.6) is 11.5 Å². The van der Waals surface area contributed by atoms with E-state index in [0.717, 1.165) is 4.68 Å². The minimum Gasteiger partial charge on any atom is -0.504 e. The number of phenolic OH excluding ortho intramolecular Hbond substituents is 1. The average Bonchev–Trinajstić information content (AvgIpc) is 3.03. The van der Waals surface area contributed by atoms with Crippen LogP contribution >= 0.6 is 11.6 Å². The summed E-state index contributed by atoms with van der Waals surface area (Å²) in [5.74, 6) is -0.572. The molecule has 3 aromatic rings. The van der Waals surface area contributed by atoms with Crippen molar-refractivity contribution in [3.63, 3.8) is 0 Å². The molecule has 12 heteroatoms. The molecule has 1 aromatic carbocycles. The summed E-state index contributed by atoms with van der Waals surface area (Å²) in [7, 11) is 4.32. The van der Waals surface area contributed by atoms with Crippen molar-refractivity contribution in [1.82, 2.24) is 30.0 Å². The average molecular weight is 392 g/mol. The van der Waals surface area contributed by atoms with Crippen LogP contribution in [-0.4, -0.2) is 48.1 Å². The summed E-state index contributed by atoms with van der Waals surface area (Å²) in [4.78, 5) is 25.1. The van der Waals surface area contributed by atoms with Crippen LogP contribution in [0.15, 0.2) is 23.0 Å². The molecule has 0 fully saturated rings. The number of carbonyl (C=O) groups is 1. The maximum absolute atomic E-state index is 12.5. The molecule has 2 N–H and O–H groups in total. The third-order valence-electron chi connectivity index (χ3n) is 3.71. The van der Waals surface area contributed by atoms with Gasteiger partial charge in [-0.05, 0) is 28.1 Å². The van der Waals surface area contributed by atoms with Gasteiger partial charge in [0.2, 0.25) is 5.95 Å². The lowest BCUT2D eigenvalue weighted by Crippen LogP contribution is -2.27. The number of halogens is 1. The number of aromatic hydroxyl groups is 1. The van der Waals surface area contributed by atoms with E-state index in [4.69, 9.17) is 16.3 Å². The first-order chi connectivity index (χ1) is 12.8. The quantitative estimate of drug-likeness (QED) is 0.659. The van der Waals surface area contributed by atoms with Crippen LogP contribution in [-0.2, 0) is 14.1 Å². The Kier molecular flexibility index (Phi) is 4.77. The molecule has 0 saturated heterocycles. The van der Waals surface area contributed by atoms with E-state index in [-0.39, 0.29) is 33.7 Å². The third-order valence-corrected chi connectivity index (χ3v) is 4.08. The second kappa shape index (κ2) is 7.03. The smallest absolute Gasteiger partial charge is 0.280 e. The molecule has 140 valence electrons. The van der Waals surface area contributed by atoms with Crippen LogP contribution in [0, 0.1) is 0 Å². The van der Waals surface area contributed by atoms with Crippen LogP contribution < -0.4 is 15.6 Å². The lowest BCUT2D eigenvalue weighted by atomic mass is 10.1. The number of aryl methyl sites for hydroxylation is 2. The molecule has 0 aliphatic rings. The summed E-state index contributed by atoms with van der Waals surface area (Å²) >= 11 is 6.31. The maximum atomic E-state index is 12.5. The summed E-state index contributed by atoms with van der Waals surface area (Å²) in [5.41, 5.74) is -0.433. The lowest BCUT2D eigenvalue weighted by Gasteiger charge is -2.12. The number of hydrogen-bond donors (Lipinski definition) is 2. The molecule has 27 heavy (non-hydrogen) atoms. The molecule has 0 radical (unpaired) electrons. The highest BCUT2D eigenvalue weighted by atomic mass is 35.5. The van der Waals surface area contributed by atoms with Gasteiger partial charge >= 0.3 is 0 Å². The van der Waals surface area contributed by atoms with Crippen LogP contribution in [0.25, 0.3) is 11.1 Å². The lowest BCUT2D eigenvalue weighted by molar-refractivity contribution is 0.101. The molecular weight excluding hydrogens is 378 g/mol. The van der Waals surface area contributed by atoms with E-state index in [9.17, 15) is 14.7 Å². The first-order valence-electron chi connectivity index (χ1n) is 7.51. The van der Waals surface area contributed by atoms with E-state index in [1.165, 1.54) is 44.1 Å². The van der Waals surface area contributed by atoms with E-state index in [1.54, 1.807) is 0 Å². The minimum absolute atomic E-state index is 0.00774. The zero-order valence-corrected chi connectivity index (χ0v) is 15.2. The fraction of sp³-hybridized carbons (Fsp3) is 0.200. The zero-order valence-electron chi connectivity index (χ0n) is 14.5. The van der Waals surface area contributed by atoms with E-state index in [1.807, 2.05) is 0 Å². The fourth-order valence-corrected chi connectivity index (χ4v) is 2.66. The molecule has 2 aromatic heterocycles. The molecule has 0 bridgehead atoms. The second-order valence-corrected chi connectivity index (χ2v) is 5.81. The number of nitrogens with zero attached hydrogens (tertiary/aromatic N) is 6. The fourth-order valence-electron chi connectivity index (χ4n) is 2.35. The van der Waals surface area contributed by atoms with Crippen molar-refractivity contribution >= 4 is 23.5 Å². The summed E-state index contributed by atoms with van der Waals surface area (Å²) in [6, 6.07) is 4.33. The number of tetrazole rings is 1. The number of benzene rings is 1. The highest BCUT2D eigenvalue weighted by Gasteiger charge is 2.23. The van der Waals surface area contributed by atoms with E-state index >= 15 is 0 Å². The van der Waals surface area contributed by atoms with Gasteiger partial charge in [0.1, 0.15) is 0 Å². The number of carbonyl (C=O) groups excluding carboxylic acids is 1. The van der Waals surface area contributed by atoms with Crippen molar-refractivity contribution in [2.45, 2.75) is 0 Å². The van der Waals surface area contributed by atoms with Gasteiger partial charge in [0, 0.05) is 14.1 Å². The van der Waals surface area contributed by atoms with E-state index in [2.05, 4.69) is 25.9 Å². The topological polar surface area (TPSA) is 137 Å². The number of nitrogens with one attached hydrogen (secondary N) is 1. The number of amides is 1. The number of aromatic nitrogens is 6. The number of hydrogen-bond acceptors (Lipinski definition) is 8. The van der Waals surface area contributed by atoms with Crippen molar-refractivity contribution in [2.24, 2.45) is 14.1 Å². The van der Waals surface area contributed by atoms with Gasteiger partial charge in [-0.1, -0.05) is 22.8 Å². The van der Waals surface area contributed by atoms with Crippen molar-refractivity contribution < 1.29 is 14.6 Å². The summed E-state index contributed by atoms with van der Waals surface area (Å²) < 4.78 is 7.21. The molecule has 0 aliphatic heterocycles. The Morgan fingerprint density at radius 3 is 2.63 bits per heavy atom. The van der Waals surface area contributed by atoms with Gasteiger partial charge in [-0.2, -0.15) is 5.10 Å². The molecular formula is C15H14ClN7O4. The van der Waals surface area contributed by atoms with Gasteiger partial charge in [0.15, 0.2) is 17.2 Å². The van der Waals surface area contributed by atoms with Crippen LogP contribution in [0.4, 0.5) is 5.95 Å². The van der Waals surface area contributed by atoms with Gasteiger partial charge in [0.25, 0.3) is 11.5 Å². The molecule has 1 amide bonds. The van der Waals surface area contributed by atoms with Crippen LogP contribution in [0.1, 0.15) is 10.5 Å². The first-order valence-corrected chi connectivity index (χ1v) is 7.89. The standard InChI is InChI=1S/C15H14ClN7O4/c1-22-14(26)10(7-4-5-9(27-3)8(24)6-7)11(16)12(19-22)13(25)17-15-18-20-21-23(15)2/h4-6,24H,1-3H3,(H,17,18,21,25). The Hall–Kier alpha value is -3.47. The normalized spacial score (nSPS) is 10.7. The summed E-state index contributed by atoms with van der Waals surface area (Å²) in [6.45, 7) is 0. The van der Waals surface area contributed by atoms with E-state index in [0.29, 0.717) is 5.56 Å². The molecule has 0 saturated carbocycles. The molecule has 3 rings (SSSR count). The second-order valence-electron chi connectivity index (χ2n) is 5.43. The Balaban J connectivity index is 2.11. The van der Waals surface area contributed by atoms with Crippen molar-refractivity contribution in [1.29, 1.82) is 0 Å². The molecule has 0 atom stereocenters. The number of phenols is 1. The molecule has 11 nitrogen and oxygen atoms in total. The summed E-state index contributed by atoms with van der Waals surface area (Å²) in [5, 5.41) is 26.9. The van der Waals surface area contributed by atoms with Crippen LogP contribution in [0.2, 0.25) is 5.02 Å². The molecule has 2 heterocycles. The first kappa shape index (κ1) is 18.3.